The fourth-order valence-corrected chi connectivity index (χ4v) is 2.86. The van der Waals surface area contributed by atoms with Crippen molar-refractivity contribution in [2.24, 2.45) is 10.8 Å². The number of thiocarbonyl (C=S) groups is 1. The number of hydrogen-bond donors (Lipinski definition) is 2. The zero-order valence-electron chi connectivity index (χ0n) is 12.0. The van der Waals surface area contributed by atoms with E-state index in [-0.39, 0.29) is 11.7 Å². The van der Waals surface area contributed by atoms with Gasteiger partial charge in [0.1, 0.15) is 12.4 Å². The van der Waals surface area contributed by atoms with E-state index in [1.54, 1.807) is 30.3 Å². The van der Waals surface area contributed by atoms with E-state index in [9.17, 15) is 0 Å². The summed E-state index contributed by atoms with van der Waals surface area (Å²) in [6.45, 7) is 0.195. The fraction of sp³-hybridized carbons (Fsp3) is 0.0667. The van der Waals surface area contributed by atoms with E-state index < -0.39 is 0 Å². The van der Waals surface area contributed by atoms with Gasteiger partial charge >= 0.3 is 0 Å². The molecule has 0 amide bonds. The Kier molecular flexibility index (Phi) is 6.95. The van der Waals surface area contributed by atoms with Crippen LogP contribution in [-0.4, -0.2) is 11.3 Å². The maximum atomic E-state index is 6.21. The van der Waals surface area contributed by atoms with E-state index >= 15 is 0 Å². The summed E-state index contributed by atoms with van der Waals surface area (Å²) in [6, 6.07) is 8.36. The van der Waals surface area contributed by atoms with Crippen LogP contribution < -0.4 is 15.9 Å². The van der Waals surface area contributed by atoms with Crippen molar-refractivity contribution in [1.29, 1.82) is 0 Å². The minimum atomic E-state index is 0.0368. The summed E-state index contributed by atoms with van der Waals surface area (Å²) in [4.78, 5) is 0. The molecule has 0 radical (unpaired) electrons. The van der Waals surface area contributed by atoms with Crippen molar-refractivity contribution in [2.45, 2.75) is 6.61 Å². The minimum absolute atomic E-state index is 0.0368. The first-order valence-corrected chi connectivity index (χ1v) is 8.43. The molecule has 0 heterocycles. The van der Waals surface area contributed by atoms with Gasteiger partial charge in [0.15, 0.2) is 5.11 Å². The second kappa shape index (κ2) is 8.74. The van der Waals surface area contributed by atoms with Gasteiger partial charge in [0, 0.05) is 26.2 Å². The standard InChI is InChI=1S/C15H11Cl4N3OS/c16-10-2-1-8(12(18)4-10)7-23-14-9(6-21-22-15(20)24)3-11(17)5-13(14)19/h1-6H,7H2,(H3,20,22,24)/b21-6-. The summed E-state index contributed by atoms with van der Waals surface area (Å²) in [7, 11) is 0. The molecule has 126 valence electrons. The normalized spacial score (nSPS) is 10.8. The predicted molar refractivity (Wildman–Crippen MR) is 105 cm³/mol. The van der Waals surface area contributed by atoms with Gasteiger partial charge in [0.25, 0.3) is 0 Å². The Morgan fingerprint density at radius 1 is 1.12 bits per heavy atom. The molecule has 2 rings (SSSR count). The van der Waals surface area contributed by atoms with Crippen molar-refractivity contribution in [3.8, 4) is 5.75 Å². The van der Waals surface area contributed by atoms with Gasteiger partial charge in [-0.1, -0.05) is 52.5 Å². The first kappa shape index (κ1) is 19.1. The lowest BCUT2D eigenvalue weighted by atomic mass is 10.2. The quantitative estimate of drug-likeness (QED) is 0.402. The Labute approximate surface area is 164 Å². The summed E-state index contributed by atoms with van der Waals surface area (Å²) >= 11 is 28.9. The topological polar surface area (TPSA) is 59.6 Å². The Bertz CT molecular complexity index is 799. The summed E-state index contributed by atoms with van der Waals surface area (Å²) < 4.78 is 5.79. The molecule has 0 aliphatic carbocycles. The van der Waals surface area contributed by atoms with Crippen LogP contribution in [0.4, 0.5) is 0 Å². The highest BCUT2D eigenvalue weighted by Gasteiger charge is 2.11. The molecule has 0 aromatic heterocycles. The van der Waals surface area contributed by atoms with Crippen molar-refractivity contribution in [3.63, 3.8) is 0 Å². The van der Waals surface area contributed by atoms with Crippen LogP contribution in [0.3, 0.4) is 0 Å². The molecule has 0 saturated heterocycles. The van der Waals surface area contributed by atoms with Crippen LogP contribution in [0, 0.1) is 0 Å². The van der Waals surface area contributed by atoms with Crippen molar-refractivity contribution in [1.82, 2.24) is 5.43 Å². The van der Waals surface area contributed by atoms with Gasteiger partial charge in [-0.25, -0.2) is 0 Å². The third-order valence-electron chi connectivity index (χ3n) is 2.80. The summed E-state index contributed by atoms with van der Waals surface area (Å²) in [5, 5.41) is 5.74. The molecule has 0 spiro atoms. The number of halogens is 4. The van der Waals surface area contributed by atoms with E-state index in [0.29, 0.717) is 31.4 Å². The Hall–Kier alpha value is -1.24. The molecule has 0 atom stereocenters. The Morgan fingerprint density at radius 2 is 1.83 bits per heavy atom. The van der Waals surface area contributed by atoms with Crippen molar-refractivity contribution in [3.05, 3.63) is 61.5 Å². The molecule has 2 aromatic carbocycles. The lowest BCUT2D eigenvalue weighted by Crippen LogP contribution is -2.24. The average molecular weight is 423 g/mol. The molecule has 3 N–H and O–H groups in total. The van der Waals surface area contributed by atoms with Gasteiger partial charge in [-0.05, 0) is 36.5 Å². The molecule has 0 aliphatic rings. The average Bonchev–Trinajstić information content (AvgIpc) is 2.47. The van der Waals surface area contributed by atoms with Crippen molar-refractivity contribution in [2.75, 3.05) is 0 Å². The second-order valence-corrected chi connectivity index (χ2v) is 6.69. The second-order valence-electron chi connectivity index (χ2n) is 4.56. The van der Waals surface area contributed by atoms with E-state index in [4.69, 9.17) is 56.9 Å². The van der Waals surface area contributed by atoms with Crippen molar-refractivity contribution < 1.29 is 4.74 Å². The van der Waals surface area contributed by atoms with Gasteiger partial charge in [-0.2, -0.15) is 5.10 Å². The lowest BCUT2D eigenvalue weighted by molar-refractivity contribution is 0.306. The third kappa shape index (κ3) is 5.40. The maximum Gasteiger partial charge on any atom is 0.184 e. The number of ether oxygens (including phenoxy) is 1. The molecule has 2 aromatic rings. The predicted octanol–water partition coefficient (Wildman–Crippen LogP) is 5.05. The van der Waals surface area contributed by atoms with Crippen LogP contribution >= 0.6 is 58.6 Å². The molecular formula is C15H11Cl4N3OS. The summed E-state index contributed by atoms with van der Waals surface area (Å²) in [5.41, 5.74) is 9.08. The number of hydrogen-bond acceptors (Lipinski definition) is 3. The monoisotopic (exact) mass is 421 g/mol. The molecule has 0 bridgehead atoms. The highest BCUT2D eigenvalue weighted by Crippen LogP contribution is 2.33. The van der Waals surface area contributed by atoms with Crippen LogP contribution in [0.1, 0.15) is 11.1 Å². The number of benzene rings is 2. The van der Waals surface area contributed by atoms with Gasteiger partial charge < -0.3 is 10.5 Å². The number of nitrogens with zero attached hydrogens (tertiary/aromatic N) is 1. The zero-order valence-corrected chi connectivity index (χ0v) is 15.9. The number of nitrogens with one attached hydrogen (secondary N) is 1. The molecule has 4 nitrogen and oxygen atoms in total. The lowest BCUT2D eigenvalue weighted by Gasteiger charge is -2.12. The molecule has 0 saturated carbocycles. The SMILES string of the molecule is NC(=S)N/N=C\c1cc(Cl)cc(Cl)c1OCc1ccc(Cl)cc1Cl. The van der Waals surface area contributed by atoms with Crippen molar-refractivity contribution >= 4 is 69.9 Å². The molecule has 0 unspecified atom stereocenters. The molecule has 0 aliphatic heterocycles. The van der Waals surface area contributed by atoms with Crippen LogP contribution in [0.25, 0.3) is 0 Å². The van der Waals surface area contributed by atoms with Crippen LogP contribution in [0.15, 0.2) is 35.4 Å². The number of hydrazone groups is 1. The molecular weight excluding hydrogens is 412 g/mol. The summed E-state index contributed by atoms with van der Waals surface area (Å²) in [5.74, 6) is 0.403. The van der Waals surface area contributed by atoms with E-state index in [1.807, 2.05) is 0 Å². The molecule has 9 heteroatoms. The van der Waals surface area contributed by atoms with Crippen LogP contribution in [-0.2, 0) is 6.61 Å². The number of nitrogens with two attached hydrogens (primary N) is 1. The first-order chi connectivity index (χ1) is 11.4. The van der Waals surface area contributed by atoms with Crippen LogP contribution in [0.2, 0.25) is 20.1 Å². The summed E-state index contributed by atoms with van der Waals surface area (Å²) in [6.07, 6.45) is 1.45. The molecule has 24 heavy (non-hydrogen) atoms. The maximum absolute atomic E-state index is 6.21. The van der Waals surface area contributed by atoms with Gasteiger partial charge in [-0.3, -0.25) is 5.43 Å². The first-order valence-electron chi connectivity index (χ1n) is 6.51. The van der Waals surface area contributed by atoms with Gasteiger partial charge in [0.05, 0.1) is 11.2 Å². The molecule has 0 fully saturated rings. The van der Waals surface area contributed by atoms with E-state index in [2.05, 4.69) is 22.7 Å². The zero-order chi connectivity index (χ0) is 17.7. The van der Waals surface area contributed by atoms with E-state index in [0.717, 1.165) is 5.56 Å². The fourth-order valence-electron chi connectivity index (χ4n) is 1.78. The van der Waals surface area contributed by atoms with E-state index in [1.165, 1.54) is 6.21 Å². The van der Waals surface area contributed by atoms with Gasteiger partial charge in [0.2, 0.25) is 0 Å². The number of rotatable bonds is 5. The Balaban J connectivity index is 2.24. The third-order valence-corrected chi connectivity index (χ3v) is 3.98. The highest BCUT2D eigenvalue weighted by atomic mass is 35.5. The van der Waals surface area contributed by atoms with Gasteiger partial charge in [-0.15, -0.1) is 0 Å². The minimum Gasteiger partial charge on any atom is -0.487 e. The highest BCUT2D eigenvalue weighted by molar-refractivity contribution is 7.80. The smallest absolute Gasteiger partial charge is 0.184 e. The largest absolute Gasteiger partial charge is 0.487 e. The Morgan fingerprint density at radius 3 is 2.50 bits per heavy atom. The van der Waals surface area contributed by atoms with Crippen LogP contribution in [0.5, 0.6) is 5.75 Å².